The van der Waals surface area contributed by atoms with Crippen LogP contribution in [-0.2, 0) is 6.42 Å². The molecule has 3 nitrogen and oxygen atoms in total. The highest BCUT2D eigenvalue weighted by atomic mass is 16.4. The highest BCUT2D eigenvalue weighted by molar-refractivity contribution is 5.11. The standard InChI is InChI=1S/C13H22N2O/c1-9(2)13-15-12(10(3)16-13)8-11-6-4-5-7-14-11/h9,11,14H,4-8H2,1-3H3. The first-order valence-corrected chi connectivity index (χ1v) is 6.36. The van der Waals surface area contributed by atoms with Gasteiger partial charge in [0, 0.05) is 18.4 Å². The topological polar surface area (TPSA) is 38.1 Å². The molecule has 1 aromatic rings. The molecule has 1 unspecified atom stereocenters. The smallest absolute Gasteiger partial charge is 0.197 e. The second kappa shape index (κ2) is 5.00. The summed E-state index contributed by atoms with van der Waals surface area (Å²) in [5.74, 6) is 2.26. The van der Waals surface area contributed by atoms with Gasteiger partial charge < -0.3 is 9.73 Å². The summed E-state index contributed by atoms with van der Waals surface area (Å²) in [7, 11) is 0. The number of oxazole rings is 1. The third-order valence-corrected chi connectivity index (χ3v) is 3.26. The van der Waals surface area contributed by atoms with Crippen LogP contribution in [0.4, 0.5) is 0 Å². The average molecular weight is 222 g/mol. The first-order chi connectivity index (χ1) is 7.66. The molecule has 0 saturated carbocycles. The van der Waals surface area contributed by atoms with E-state index in [1.807, 2.05) is 6.92 Å². The molecule has 2 rings (SSSR count). The van der Waals surface area contributed by atoms with E-state index in [1.54, 1.807) is 0 Å². The minimum Gasteiger partial charge on any atom is -0.445 e. The van der Waals surface area contributed by atoms with Crippen molar-refractivity contribution in [2.75, 3.05) is 6.54 Å². The van der Waals surface area contributed by atoms with Gasteiger partial charge in [0.05, 0.1) is 5.69 Å². The molecule has 1 aromatic heterocycles. The van der Waals surface area contributed by atoms with E-state index in [1.165, 1.54) is 19.3 Å². The van der Waals surface area contributed by atoms with E-state index in [0.717, 1.165) is 30.3 Å². The zero-order valence-electron chi connectivity index (χ0n) is 10.5. The molecule has 1 fully saturated rings. The molecule has 16 heavy (non-hydrogen) atoms. The molecule has 0 amide bonds. The number of rotatable bonds is 3. The van der Waals surface area contributed by atoms with Crippen molar-refractivity contribution in [1.82, 2.24) is 10.3 Å². The number of piperidine rings is 1. The van der Waals surface area contributed by atoms with Crippen molar-refractivity contribution in [1.29, 1.82) is 0 Å². The van der Waals surface area contributed by atoms with Crippen molar-refractivity contribution in [2.24, 2.45) is 0 Å². The van der Waals surface area contributed by atoms with Gasteiger partial charge in [-0.05, 0) is 26.3 Å². The van der Waals surface area contributed by atoms with Crippen LogP contribution in [0.25, 0.3) is 0 Å². The van der Waals surface area contributed by atoms with Gasteiger partial charge in [0.2, 0.25) is 0 Å². The second-order valence-electron chi connectivity index (χ2n) is 5.06. The Morgan fingerprint density at radius 2 is 2.25 bits per heavy atom. The summed E-state index contributed by atoms with van der Waals surface area (Å²) in [5, 5.41) is 3.55. The molecule has 1 saturated heterocycles. The predicted molar refractivity (Wildman–Crippen MR) is 64.7 cm³/mol. The quantitative estimate of drug-likeness (QED) is 0.854. The SMILES string of the molecule is Cc1oc(C(C)C)nc1CC1CCCCN1. The summed E-state index contributed by atoms with van der Waals surface area (Å²) in [6.45, 7) is 7.41. The van der Waals surface area contributed by atoms with E-state index in [9.17, 15) is 0 Å². The van der Waals surface area contributed by atoms with Gasteiger partial charge in [0.1, 0.15) is 5.76 Å². The third-order valence-electron chi connectivity index (χ3n) is 3.26. The van der Waals surface area contributed by atoms with Crippen molar-refractivity contribution in [3.05, 3.63) is 17.3 Å². The lowest BCUT2D eigenvalue weighted by molar-refractivity contribution is 0.395. The Morgan fingerprint density at radius 3 is 2.81 bits per heavy atom. The van der Waals surface area contributed by atoms with E-state index in [2.05, 4.69) is 24.1 Å². The fourth-order valence-electron chi connectivity index (χ4n) is 2.22. The second-order valence-corrected chi connectivity index (χ2v) is 5.06. The molecule has 1 aliphatic heterocycles. The van der Waals surface area contributed by atoms with Crippen LogP contribution in [0.5, 0.6) is 0 Å². The molecule has 0 aliphatic carbocycles. The fourth-order valence-corrected chi connectivity index (χ4v) is 2.22. The van der Waals surface area contributed by atoms with Crippen LogP contribution in [0, 0.1) is 6.92 Å². The van der Waals surface area contributed by atoms with Gasteiger partial charge in [-0.15, -0.1) is 0 Å². The molecule has 0 spiro atoms. The molecular weight excluding hydrogens is 200 g/mol. The monoisotopic (exact) mass is 222 g/mol. The number of hydrogen-bond donors (Lipinski definition) is 1. The third kappa shape index (κ3) is 2.64. The van der Waals surface area contributed by atoms with Crippen molar-refractivity contribution in [3.8, 4) is 0 Å². The summed E-state index contributed by atoms with van der Waals surface area (Å²) in [5.41, 5.74) is 1.14. The largest absolute Gasteiger partial charge is 0.445 e. The van der Waals surface area contributed by atoms with Crippen LogP contribution in [0.2, 0.25) is 0 Å². The summed E-state index contributed by atoms with van der Waals surface area (Å²) >= 11 is 0. The zero-order chi connectivity index (χ0) is 11.5. The Balaban J connectivity index is 2.02. The number of aromatic nitrogens is 1. The van der Waals surface area contributed by atoms with Crippen molar-refractivity contribution in [3.63, 3.8) is 0 Å². The van der Waals surface area contributed by atoms with Crippen LogP contribution in [0.3, 0.4) is 0 Å². The van der Waals surface area contributed by atoms with Crippen LogP contribution in [0.15, 0.2) is 4.42 Å². The lowest BCUT2D eigenvalue weighted by Crippen LogP contribution is -2.35. The first kappa shape index (κ1) is 11.6. The number of nitrogens with zero attached hydrogens (tertiary/aromatic N) is 1. The number of aryl methyl sites for hydroxylation is 1. The maximum atomic E-state index is 5.68. The number of nitrogens with one attached hydrogen (secondary N) is 1. The van der Waals surface area contributed by atoms with E-state index in [0.29, 0.717) is 12.0 Å². The molecule has 1 atom stereocenters. The van der Waals surface area contributed by atoms with E-state index < -0.39 is 0 Å². The Morgan fingerprint density at radius 1 is 1.44 bits per heavy atom. The van der Waals surface area contributed by atoms with Gasteiger partial charge in [-0.1, -0.05) is 20.3 Å². The molecule has 1 aliphatic rings. The minimum absolute atomic E-state index is 0.381. The highest BCUT2D eigenvalue weighted by Gasteiger charge is 2.18. The lowest BCUT2D eigenvalue weighted by Gasteiger charge is -2.22. The van der Waals surface area contributed by atoms with E-state index in [4.69, 9.17) is 4.42 Å². The molecule has 90 valence electrons. The predicted octanol–water partition coefficient (Wildman–Crippen LogP) is 2.79. The number of hydrogen-bond acceptors (Lipinski definition) is 3. The normalized spacial score (nSPS) is 21.6. The van der Waals surface area contributed by atoms with E-state index >= 15 is 0 Å². The Kier molecular flexibility index (Phi) is 3.64. The average Bonchev–Trinajstić information content (AvgIpc) is 2.62. The van der Waals surface area contributed by atoms with Gasteiger partial charge in [-0.3, -0.25) is 0 Å². The van der Waals surface area contributed by atoms with E-state index in [-0.39, 0.29) is 0 Å². The minimum atomic E-state index is 0.381. The maximum Gasteiger partial charge on any atom is 0.197 e. The molecule has 0 aromatic carbocycles. The fraction of sp³-hybridized carbons (Fsp3) is 0.769. The highest BCUT2D eigenvalue weighted by Crippen LogP contribution is 2.20. The van der Waals surface area contributed by atoms with Crippen molar-refractivity contribution in [2.45, 2.75) is 58.4 Å². The van der Waals surface area contributed by atoms with Gasteiger partial charge in [0.25, 0.3) is 0 Å². The molecule has 0 bridgehead atoms. The summed E-state index contributed by atoms with van der Waals surface area (Å²) in [4.78, 5) is 4.60. The Hall–Kier alpha value is -0.830. The molecular formula is C13H22N2O. The Bertz CT molecular complexity index is 338. The van der Waals surface area contributed by atoms with Crippen LogP contribution in [0.1, 0.15) is 56.4 Å². The van der Waals surface area contributed by atoms with Gasteiger partial charge in [0.15, 0.2) is 5.89 Å². The van der Waals surface area contributed by atoms with Crippen LogP contribution < -0.4 is 5.32 Å². The summed E-state index contributed by atoms with van der Waals surface area (Å²) in [6.07, 6.45) is 4.93. The molecule has 1 N–H and O–H groups in total. The van der Waals surface area contributed by atoms with Crippen LogP contribution >= 0.6 is 0 Å². The van der Waals surface area contributed by atoms with Gasteiger partial charge in [-0.25, -0.2) is 4.98 Å². The van der Waals surface area contributed by atoms with Gasteiger partial charge in [-0.2, -0.15) is 0 Å². The lowest BCUT2D eigenvalue weighted by atomic mass is 10.0. The van der Waals surface area contributed by atoms with Crippen molar-refractivity contribution < 1.29 is 4.42 Å². The zero-order valence-corrected chi connectivity index (χ0v) is 10.5. The Labute approximate surface area is 97.6 Å². The summed E-state index contributed by atoms with van der Waals surface area (Å²) in [6, 6.07) is 0.595. The molecule has 0 radical (unpaired) electrons. The molecule has 2 heterocycles. The van der Waals surface area contributed by atoms with Gasteiger partial charge >= 0.3 is 0 Å². The first-order valence-electron chi connectivity index (χ1n) is 6.36. The molecule has 3 heteroatoms. The maximum absolute atomic E-state index is 5.68. The van der Waals surface area contributed by atoms with Crippen molar-refractivity contribution >= 4 is 0 Å². The van der Waals surface area contributed by atoms with Crippen LogP contribution in [-0.4, -0.2) is 17.6 Å². The summed E-state index contributed by atoms with van der Waals surface area (Å²) < 4.78 is 5.68.